The minimum absolute atomic E-state index is 0.0771. The first-order valence-corrected chi connectivity index (χ1v) is 5.48. The van der Waals surface area contributed by atoms with Crippen molar-refractivity contribution >= 4 is 11.6 Å². The molecule has 0 bridgehead atoms. The van der Waals surface area contributed by atoms with Gasteiger partial charge in [-0.1, -0.05) is 30.6 Å². The molecule has 0 aromatic carbocycles. The van der Waals surface area contributed by atoms with Crippen LogP contribution in [0.5, 0.6) is 0 Å². The van der Waals surface area contributed by atoms with Crippen molar-refractivity contribution in [3.8, 4) is 0 Å². The van der Waals surface area contributed by atoms with Crippen LogP contribution in [0.25, 0.3) is 0 Å². The number of aromatic nitrogens is 4. The highest BCUT2D eigenvalue weighted by molar-refractivity contribution is 6.29. The molecule has 17 heavy (non-hydrogen) atoms. The number of hydrogen-bond acceptors (Lipinski definition) is 5. The van der Waals surface area contributed by atoms with Crippen molar-refractivity contribution < 1.29 is 4.52 Å². The van der Waals surface area contributed by atoms with Crippen molar-refractivity contribution in [3.05, 3.63) is 39.6 Å². The summed E-state index contributed by atoms with van der Waals surface area (Å²) in [7, 11) is 0. The maximum atomic E-state index is 11.8. The van der Waals surface area contributed by atoms with Crippen molar-refractivity contribution in [1.29, 1.82) is 0 Å². The highest BCUT2D eigenvalue weighted by Gasteiger charge is 2.13. The molecule has 90 valence electrons. The molecule has 0 saturated carbocycles. The van der Waals surface area contributed by atoms with Crippen LogP contribution in [0.1, 0.15) is 31.4 Å². The summed E-state index contributed by atoms with van der Waals surface area (Å²) >= 11 is 5.77. The number of nitrogens with zero attached hydrogens (tertiary/aromatic N) is 4. The Hall–Kier alpha value is -1.69. The Morgan fingerprint density at radius 3 is 2.88 bits per heavy atom. The van der Waals surface area contributed by atoms with Crippen LogP contribution in [0.3, 0.4) is 0 Å². The Kier molecular flexibility index (Phi) is 3.23. The Labute approximate surface area is 102 Å². The minimum Gasteiger partial charge on any atom is -0.343 e. The Bertz CT molecular complexity index is 562. The van der Waals surface area contributed by atoms with Gasteiger partial charge in [0.15, 0.2) is 5.82 Å². The topological polar surface area (TPSA) is 73.8 Å². The third-order valence-electron chi connectivity index (χ3n) is 2.23. The van der Waals surface area contributed by atoms with Gasteiger partial charge >= 0.3 is 0 Å². The van der Waals surface area contributed by atoms with E-state index >= 15 is 0 Å². The van der Waals surface area contributed by atoms with Crippen LogP contribution in [-0.4, -0.2) is 19.7 Å². The summed E-state index contributed by atoms with van der Waals surface area (Å²) < 4.78 is 6.12. The number of halogens is 1. The maximum Gasteiger partial charge on any atom is 0.255 e. The monoisotopic (exact) mass is 254 g/mol. The quantitative estimate of drug-likeness (QED) is 0.775. The lowest BCUT2D eigenvalue weighted by atomic mass is 10.2. The summed E-state index contributed by atoms with van der Waals surface area (Å²) in [4.78, 5) is 19.9. The molecule has 0 aliphatic carbocycles. The third kappa shape index (κ3) is 2.52. The summed E-state index contributed by atoms with van der Waals surface area (Å²) in [5.74, 6) is 1.11. The summed E-state index contributed by atoms with van der Waals surface area (Å²) in [6.45, 7) is 4.10. The highest BCUT2D eigenvalue weighted by Crippen LogP contribution is 2.13. The van der Waals surface area contributed by atoms with Crippen LogP contribution in [0.15, 0.2) is 21.8 Å². The molecule has 0 unspecified atom stereocenters. The lowest BCUT2D eigenvalue weighted by molar-refractivity contribution is 0.407. The van der Waals surface area contributed by atoms with Gasteiger partial charge in [-0.15, -0.1) is 0 Å². The second-order valence-corrected chi connectivity index (χ2v) is 4.25. The summed E-state index contributed by atoms with van der Waals surface area (Å²) in [5.41, 5.74) is -0.224. The predicted molar refractivity (Wildman–Crippen MR) is 61.0 cm³/mol. The highest BCUT2D eigenvalue weighted by atomic mass is 35.5. The van der Waals surface area contributed by atoms with E-state index in [2.05, 4.69) is 19.6 Å². The lowest BCUT2D eigenvalue weighted by Gasteiger charge is -2.12. The average Bonchev–Trinajstić information content (AvgIpc) is 2.74. The first kappa shape index (κ1) is 11.8. The zero-order valence-electron chi connectivity index (χ0n) is 9.42. The fourth-order valence-electron chi connectivity index (χ4n) is 1.50. The van der Waals surface area contributed by atoms with E-state index in [0.717, 1.165) is 0 Å². The van der Waals surface area contributed by atoms with Crippen LogP contribution in [0.4, 0.5) is 0 Å². The molecule has 2 aromatic heterocycles. The molecule has 2 rings (SSSR count). The van der Waals surface area contributed by atoms with Gasteiger partial charge in [-0.2, -0.15) is 4.98 Å². The van der Waals surface area contributed by atoms with Crippen LogP contribution in [0.2, 0.25) is 5.15 Å². The third-order valence-corrected chi connectivity index (χ3v) is 2.42. The van der Waals surface area contributed by atoms with Crippen LogP contribution in [0, 0.1) is 0 Å². The van der Waals surface area contributed by atoms with E-state index in [0.29, 0.717) is 11.6 Å². The van der Waals surface area contributed by atoms with Gasteiger partial charge < -0.3 is 4.52 Å². The molecular formula is C10H11ClN4O2. The Morgan fingerprint density at radius 1 is 1.53 bits per heavy atom. The van der Waals surface area contributed by atoms with Crippen LogP contribution >= 0.6 is 11.6 Å². The summed E-state index contributed by atoms with van der Waals surface area (Å²) in [6.07, 6.45) is 1.22. The molecule has 0 spiro atoms. The SMILES string of the molecule is CC(C)c1nc(Cl)cc(=O)n1Cc1ncon1. The maximum absolute atomic E-state index is 11.8. The fourth-order valence-corrected chi connectivity index (χ4v) is 1.68. The standard InChI is InChI=1S/C10H11ClN4O2/c1-6(2)10-13-7(11)3-9(16)15(10)4-8-12-5-17-14-8/h3,5-6H,4H2,1-2H3. The van der Waals surface area contributed by atoms with Crippen molar-refractivity contribution in [2.75, 3.05) is 0 Å². The first-order chi connectivity index (χ1) is 8.08. The second kappa shape index (κ2) is 4.67. The molecule has 2 aromatic rings. The van der Waals surface area contributed by atoms with Crippen molar-refractivity contribution in [2.24, 2.45) is 0 Å². The smallest absolute Gasteiger partial charge is 0.255 e. The van der Waals surface area contributed by atoms with Gasteiger partial charge in [0.25, 0.3) is 5.56 Å². The fraction of sp³-hybridized carbons (Fsp3) is 0.400. The lowest BCUT2D eigenvalue weighted by Crippen LogP contribution is -2.26. The molecule has 0 radical (unpaired) electrons. The van der Waals surface area contributed by atoms with E-state index in [9.17, 15) is 4.79 Å². The molecule has 2 heterocycles. The predicted octanol–water partition coefficient (Wildman–Crippen LogP) is 1.45. The van der Waals surface area contributed by atoms with Gasteiger partial charge in [0.05, 0.1) is 6.54 Å². The number of rotatable bonds is 3. The van der Waals surface area contributed by atoms with E-state index in [4.69, 9.17) is 11.6 Å². The molecule has 0 fully saturated rings. The first-order valence-electron chi connectivity index (χ1n) is 5.10. The largest absolute Gasteiger partial charge is 0.343 e. The second-order valence-electron chi connectivity index (χ2n) is 3.86. The Morgan fingerprint density at radius 2 is 2.29 bits per heavy atom. The van der Waals surface area contributed by atoms with Crippen molar-refractivity contribution in [1.82, 2.24) is 19.7 Å². The molecule has 0 atom stereocenters. The van der Waals surface area contributed by atoms with E-state index < -0.39 is 0 Å². The molecule has 0 saturated heterocycles. The van der Waals surface area contributed by atoms with Gasteiger partial charge in [0.2, 0.25) is 6.39 Å². The molecule has 7 heteroatoms. The summed E-state index contributed by atoms with van der Waals surface area (Å²) in [6, 6.07) is 1.27. The van der Waals surface area contributed by atoms with Crippen LogP contribution < -0.4 is 5.56 Å². The van der Waals surface area contributed by atoms with Gasteiger partial charge in [0.1, 0.15) is 11.0 Å². The molecule has 6 nitrogen and oxygen atoms in total. The summed E-state index contributed by atoms with van der Waals surface area (Å²) in [5, 5.41) is 3.87. The molecule has 0 aliphatic rings. The van der Waals surface area contributed by atoms with Crippen molar-refractivity contribution in [2.45, 2.75) is 26.3 Å². The molecule has 0 aliphatic heterocycles. The zero-order chi connectivity index (χ0) is 12.4. The van der Waals surface area contributed by atoms with Gasteiger partial charge in [-0.25, -0.2) is 4.98 Å². The van der Waals surface area contributed by atoms with E-state index in [1.807, 2.05) is 13.8 Å². The van der Waals surface area contributed by atoms with Crippen LogP contribution in [-0.2, 0) is 6.54 Å². The van der Waals surface area contributed by atoms with Crippen molar-refractivity contribution in [3.63, 3.8) is 0 Å². The Balaban J connectivity index is 2.48. The van der Waals surface area contributed by atoms with E-state index in [-0.39, 0.29) is 23.2 Å². The minimum atomic E-state index is -0.224. The molecule has 0 N–H and O–H groups in total. The van der Waals surface area contributed by atoms with Gasteiger partial charge in [-0.3, -0.25) is 9.36 Å². The van der Waals surface area contributed by atoms with E-state index in [1.54, 1.807) is 0 Å². The number of hydrogen-bond donors (Lipinski definition) is 0. The normalized spacial score (nSPS) is 11.1. The van der Waals surface area contributed by atoms with Gasteiger partial charge in [-0.05, 0) is 0 Å². The molecule has 0 amide bonds. The molecular weight excluding hydrogens is 244 g/mol. The zero-order valence-corrected chi connectivity index (χ0v) is 10.2. The average molecular weight is 255 g/mol. The van der Waals surface area contributed by atoms with E-state index in [1.165, 1.54) is 17.0 Å². The van der Waals surface area contributed by atoms with Gasteiger partial charge in [0, 0.05) is 12.0 Å².